The number of aromatic amines is 1. The van der Waals surface area contributed by atoms with Gasteiger partial charge in [-0.1, -0.05) is 30.3 Å². The van der Waals surface area contributed by atoms with E-state index in [0.717, 1.165) is 26.6 Å². The molecule has 3 heterocycles. The highest BCUT2D eigenvalue weighted by Gasteiger charge is 2.16. The van der Waals surface area contributed by atoms with Crippen LogP contribution in [0.15, 0.2) is 57.9 Å². The Labute approximate surface area is 148 Å². The van der Waals surface area contributed by atoms with Crippen molar-refractivity contribution in [1.82, 2.24) is 15.3 Å². The zero-order chi connectivity index (χ0) is 17.2. The molecule has 1 aromatic carbocycles. The molecule has 0 unspecified atom stereocenters. The van der Waals surface area contributed by atoms with Gasteiger partial charge in [-0.3, -0.25) is 4.79 Å². The Bertz CT molecular complexity index is 1050. The van der Waals surface area contributed by atoms with E-state index in [1.54, 1.807) is 17.6 Å². The second-order valence-electron chi connectivity index (χ2n) is 5.77. The number of hydrogen-bond acceptors (Lipinski definition) is 5. The average Bonchev–Trinajstić information content (AvgIpc) is 3.23. The molecule has 126 valence electrons. The van der Waals surface area contributed by atoms with Crippen LogP contribution in [0.3, 0.4) is 0 Å². The van der Waals surface area contributed by atoms with Gasteiger partial charge in [0.05, 0.1) is 24.7 Å². The molecule has 25 heavy (non-hydrogen) atoms. The first-order valence-corrected chi connectivity index (χ1v) is 8.85. The molecule has 4 rings (SSSR count). The van der Waals surface area contributed by atoms with Gasteiger partial charge in [0.15, 0.2) is 0 Å². The lowest BCUT2D eigenvalue weighted by Gasteiger charge is -2.04. The van der Waals surface area contributed by atoms with Crippen LogP contribution in [0.25, 0.3) is 21.3 Å². The number of rotatable bonds is 5. The van der Waals surface area contributed by atoms with Gasteiger partial charge in [0.1, 0.15) is 16.4 Å². The Balaban J connectivity index is 1.66. The highest BCUT2D eigenvalue weighted by molar-refractivity contribution is 7.19. The van der Waals surface area contributed by atoms with Crippen molar-refractivity contribution in [3.8, 4) is 11.1 Å². The van der Waals surface area contributed by atoms with E-state index in [9.17, 15) is 4.79 Å². The normalized spacial score (nSPS) is 11.2. The van der Waals surface area contributed by atoms with Crippen molar-refractivity contribution in [3.05, 3.63) is 75.5 Å². The van der Waals surface area contributed by atoms with Crippen LogP contribution in [0.4, 0.5) is 0 Å². The number of nitrogens with one attached hydrogen (secondary N) is 2. The van der Waals surface area contributed by atoms with Crippen molar-refractivity contribution < 1.29 is 4.42 Å². The molecule has 4 aromatic rings. The van der Waals surface area contributed by atoms with Crippen molar-refractivity contribution in [2.45, 2.75) is 20.0 Å². The van der Waals surface area contributed by atoms with Gasteiger partial charge in [0, 0.05) is 10.4 Å². The fourth-order valence-corrected chi connectivity index (χ4v) is 3.98. The lowest BCUT2D eigenvalue weighted by Crippen LogP contribution is -2.18. The van der Waals surface area contributed by atoms with Crippen LogP contribution >= 0.6 is 11.3 Å². The monoisotopic (exact) mass is 351 g/mol. The van der Waals surface area contributed by atoms with Crippen LogP contribution in [-0.2, 0) is 13.1 Å². The Morgan fingerprint density at radius 3 is 2.76 bits per heavy atom. The molecule has 0 bridgehead atoms. The Morgan fingerprint density at radius 2 is 2.00 bits per heavy atom. The van der Waals surface area contributed by atoms with E-state index in [4.69, 9.17) is 4.42 Å². The number of aryl methyl sites for hydroxylation is 1. The third-order valence-electron chi connectivity index (χ3n) is 4.02. The van der Waals surface area contributed by atoms with Crippen LogP contribution in [0.2, 0.25) is 0 Å². The Hall–Kier alpha value is -2.70. The second-order valence-corrected chi connectivity index (χ2v) is 6.98. The summed E-state index contributed by atoms with van der Waals surface area (Å²) in [6, 6.07) is 13.7. The topological polar surface area (TPSA) is 70.9 Å². The quantitative estimate of drug-likeness (QED) is 0.573. The SMILES string of the molecule is Cc1sc2nc(CNCc3ccco3)[nH]c(=O)c2c1-c1ccccc1. The summed E-state index contributed by atoms with van der Waals surface area (Å²) >= 11 is 1.56. The lowest BCUT2D eigenvalue weighted by atomic mass is 10.0. The molecule has 2 N–H and O–H groups in total. The van der Waals surface area contributed by atoms with Crippen molar-refractivity contribution >= 4 is 21.6 Å². The minimum Gasteiger partial charge on any atom is -0.468 e. The van der Waals surface area contributed by atoms with Crippen molar-refractivity contribution in [2.75, 3.05) is 0 Å². The number of nitrogens with zero attached hydrogens (tertiary/aromatic N) is 1. The number of hydrogen-bond donors (Lipinski definition) is 2. The number of thiophene rings is 1. The van der Waals surface area contributed by atoms with Gasteiger partial charge in [0.25, 0.3) is 5.56 Å². The summed E-state index contributed by atoms with van der Waals surface area (Å²) in [6.45, 7) is 3.10. The summed E-state index contributed by atoms with van der Waals surface area (Å²) in [5.41, 5.74) is 1.93. The molecule has 0 radical (unpaired) electrons. The minimum absolute atomic E-state index is 0.0944. The van der Waals surface area contributed by atoms with Crippen LogP contribution in [0.1, 0.15) is 16.5 Å². The Morgan fingerprint density at radius 1 is 1.16 bits per heavy atom. The van der Waals surface area contributed by atoms with Gasteiger partial charge in [-0.15, -0.1) is 11.3 Å². The minimum atomic E-state index is -0.0944. The van der Waals surface area contributed by atoms with Crippen LogP contribution < -0.4 is 10.9 Å². The van der Waals surface area contributed by atoms with E-state index >= 15 is 0 Å². The maximum absolute atomic E-state index is 12.7. The molecule has 0 aliphatic carbocycles. The standard InChI is InChI=1S/C19H17N3O2S/c1-12-16(13-6-3-2-4-7-13)17-18(23)21-15(22-19(17)25-12)11-20-10-14-8-5-9-24-14/h2-9,20H,10-11H2,1H3,(H,21,22,23). The molecular weight excluding hydrogens is 334 g/mol. The van der Waals surface area contributed by atoms with E-state index in [1.165, 1.54) is 0 Å². The van der Waals surface area contributed by atoms with Crippen LogP contribution in [0.5, 0.6) is 0 Å². The fraction of sp³-hybridized carbons (Fsp3) is 0.158. The first-order valence-electron chi connectivity index (χ1n) is 8.03. The fourth-order valence-electron chi connectivity index (χ4n) is 2.92. The molecule has 0 atom stereocenters. The molecule has 0 saturated carbocycles. The van der Waals surface area contributed by atoms with Gasteiger partial charge in [-0.05, 0) is 24.6 Å². The highest BCUT2D eigenvalue weighted by Crippen LogP contribution is 2.35. The smallest absolute Gasteiger partial charge is 0.260 e. The first kappa shape index (κ1) is 15.8. The number of H-pyrrole nitrogens is 1. The summed E-state index contributed by atoms with van der Waals surface area (Å²) in [5, 5.41) is 3.90. The predicted octanol–water partition coefficient (Wildman–Crippen LogP) is 3.84. The summed E-state index contributed by atoms with van der Waals surface area (Å²) in [7, 11) is 0. The number of furan rings is 1. The summed E-state index contributed by atoms with van der Waals surface area (Å²) < 4.78 is 5.28. The molecule has 0 amide bonds. The van der Waals surface area contributed by atoms with E-state index < -0.39 is 0 Å². The van der Waals surface area contributed by atoms with E-state index in [0.29, 0.717) is 24.3 Å². The van der Waals surface area contributed by atoms with Crippen molar-refractivity contribution in [1.29, 1.82) is 0 Å². The average molecular weight is 351 g/mol. The number of benzene rings is 1. The molecule has 3 aromatic heterocycles. The van der Waals surface area contributed by atoms with E-state index in [1.807, 2.05) is 49.4 Å². The van der Waals surface area contributed by atoms with Gasteiger partial charge in [-0.2, -0.15) is 0 Å². The van der Waals surface area contributed by atoms with Crippen LogP contribution in [0, 0.1) is 6.92 Å². The predicted molar refractivity (Wildman–Crippen MR) is 99.7 cm³/mol. The largest absolute Gasteiger partial charge is 0.468 e. The van der Waals surface area contributed by atoms with Gasteiger partial charge < -0.3 is 14.7 Å². The van der Waals surface area contributed by atoms with E-state index in [-0.39, 0.29) is 5.56 Å². The second kappa shape index (κ2) is 6.66. The first-order chi connectivity index (χ1) is 12.2. The zero-order valence-electron chi connectivity index (χ0n) is 13.7. The molecule has 0 aliphatic rings. The van der Waals surface area contributed by atoms with Crippen LogP contribution in [-0.4, -0.2) is 9.97 Å². The number of aromatic nitrogens is 2. The maximum Gasteiger partial charge on any atom is 0.260 e. The Kier molecular flexibility index (Phi) is 4.21. The molecule has 6 heteroatoms. The molecule has 0 fully saturated rings. The maximum atomic E-state index is 12.7. The molecule has 0 saturated heterocycles. The lowest BCUT2D eigenvalue weighted by molar-refractivity contribution is 0.480. The molecule has 0 aliphatic heterocycles. The summed E-state index contributed by atoms with van der Waals surface area (Å²) in [5.74, 6) is 1.48. The number of fused-ring (bicyclic) bond motifs is 1. The van der Waals surface area contributed by atoms with Crippen molar-refractivity contribution in [2.24, 2.45) is 0 Å². The third-order valence-corrected chi connectivity index (χ3v) is 5.02. The van der Waals surface area contributed by atoms with Gasteiger partial charge in [0.2, 0.25) is 0 Å². The van der Waals surface area contributed by atoms with Crippen molar-refractivity contribution in [3.63, 3.8) is 0 Å². The zero-order valence-corrected chi connectivity index (χ0v) is 14.5. The van der Waals surface area contributed by atoms with Gasteiger partial charge >= 0.3 is 0 Å². The molecular formula is C19H17N3O2S. The van der Waals surface area contributed by atoms with E-state index in [2.05, 4.69) is 15.3 Å². The van der Waals surface area contributed by atoms with Gasteiger partial charge in [-0.25, -0.2) is 4.98 Å². The molecule has 5 nitrogen and oxygen atoms in total. The summed E-state index contributed by atoms with van der Waals surface area (Å²) in [6.07, 6.45) is 1.64. The summed E-state index contributed by atoms with van der Waals surface area (Å²) in [4.78, 5) is 22.1. The highest BCUT2D eigenvalue weighted by atomic mass is 32.1. The molecule has 0 spiro atoms. The third kappa shape index (κ3) is 3.14.